The number of hydrogen-bond acceptors (Lipinski definition) is 5. The zero-order chi connectivity index (χ0) is 26.5. The molecule has 1 unspecified atom stereocenters. The van der Waals surface area contributed by atoms with Crippen molar-refractivity contribution in [3.8, 4) is 11.5 Å². The predicted molar refractivity (Wildman–Crippen MR) is 128 cm³/mol. The van der Waals surface area contributed by atoms with Gasteiger partial charge in [-0.2, -0.15) is 21.6 Å². The van der Waals surface area contributed by atoms with Crippen LogP contribution in [-0.4, -0.2) is 32.4 Å². The van der Waals surface area contributed by atoms with Gasteiger partial charge in [0.05, 0.1) is 12.7 Å². The van der Waals surface area contributed by atoms with Gasteiger partial charge in [0.2, 0.25) is 0 Å². The van der Waals surface area contributed by atoms with Crippen molar-refractivity contribution in [2.75, 3.05) is 7.11 Å². The summed E-state index contributed by atoms with van der Waals surface area (Å²) in [5.41, 5.74) is 0.102. The molecule has 1 amide bonds. The van der Waals surface area contributed by atoms with Crippen molar-refractivity contribution >= 4 is 16.0 Å². The minimum absolute atomic E-state index is 0.0645. The Morgan fingerprint density at radius 3 is 2.25 bits per heavy atom. The zero-order valence-electron chi connectivity index (χ0n) is 20.0. The highest BCUT2D eigenvalue weighted by molar-refractivity contribution is 7.87. The highest BCUT2D eigenvalue weighted by Gasteiger charge is 2.32. The van der Waals surface area contributed by atoms with E-state index >= 15 is 0 Å². The van der Waals surface area contributed by atoms with Gasteiger partial charge in [0.1, 0.15) is 16.4 Å². The molecule has 0 aliphatic carbocycles. The summed E-state index contributed by atoms with van der Waals surface area (Å²) in [7, 11) is -2.96. The molecule has 10 heteroatoms. The Morgan fingerprint density at radius 2 is 1.64 bits per heavy atom. The minimum Gasteiger partial charge on any atom is -0.497 e. The van der Waals surface area contributed by atoms with Gasteiger partial charge in [0.15, 0.2) is 0 Å². The Labute approximate surface area is 208 Å². The number of carbonyl (C=O) groups is 1. The second-order valence-corrected chi connectivity index (χ2v) is 9.68. The van der Waals surface area contributed by atoms with Crippen molar-refractivity contribution in [1.82, 2.24) is 4.90 Å². The fourth-order valence-corrected chi connectivity index (χ4v) is 4.40. The average molecular weight is 522 g/mol. The van der Waals surface area contributed by atoms with Gasteiger partial charge in [-0.05, 0) is 67.4 Å². The lowest BCUT2D eigenvalue weighted by molar-refractivity contribution is -0.137. The number of halogens is 3. The van der Waals surface area contributed by atoms with E-state index < -0.39 is 26.8 Å². The van der Waals surface area contributed by atoms with Crippen LogP contribution in [0, 0.1) is 0 Å². The lowest BCUT2D eigenvalue weighted by Crippen LogP contribution is -2.37. The third-order valence-corrected chi connectivity index (χ3v) is 6.88. The topological polar surface area (TPSA) is 72.9 Å². The molecule has 0 spiro atoms. The third-order valence-electron chi connectivity index (χ3n) is 5.63. The Balaban J connectivity index is 1.78. The van der Waals surface area contributed by atoms with Gasteiger partial charge in [-0.3, -0.25) is 4.79 Å². The van der Waals surface area contributed by atoms with Crippen LogP contribution >= 0.6 is 0 Å². The maximum absolute atomic E-state index is 13.2. The predicted octanol–water partition coefficient (Wildman–Crippen LogP) is 5.92. The van der Waals surface area contributed by atoms with Crippen LogP contribution in [0.5, 0.6) is 11.5 Å². The fraction of sp³-hybridized carbons (Fsp3) is 0.269. The smallest absolute Gasteiger partial charge is 0.416 e. The van der Waals surface area contributed by atoms with Gasteiger partial charge in [0, 0.05) is 18.2 Å². The molecular weight excluding hydrogens is 495 g/mol. The summed E-state index contributed by atoms with van der Waals surface area (Å²) in [5.74, 6) is 0.314. The number of alkyl halides is 3. The first-order valence-corrected chi connectivity index (χ1v) is 12.5. The Kier molecular flexibility index (Phi) is 8.29. The standard InChI is InChI=1S/C26H26F3NO5S/c1-4-18(2)30(25(31)20-7-5-9-23(15-20)34-3)17-19-11-13-22(14-12-19)35-36(32,33)24-10-6-8-21(16-24)26(27,28)29/h5-16,18H,4,17H2,1-3H3. The minimum atomic E-state index is -4.68. The second-order valence-electron chi connectivity index (χ2n) is 8.13. The normalized spacial score (nSPS) is 12.6. The van der Waals surface area contributed by atoms with E-state index in [1.807, 2.05) is 13.8 Å². The van der Waals surface area contributed by atoms with E-state index in [4.69, 9.17) is 8.92 Å². The number of ether oxygens (including phenoxy) is 1. The SMILES string of the molecule is CCC(C)N(Cc1ccc(OS(=O)(=O)c2cccc(C(F)(F)F)c2)cc1)C(=O)c1cccc(OC)c1. The quantitative estimate of drug-likeness (QED) is 0.327. The van der Waals surface area contributed by atoms with E-state index in [1.54, 1.807) is 41.3 Å². The van der Waals surface area contributed by atoms with Crippen LogP contribution in [0.1, 0.15) is 41.8 Å². The molecule has 1 atom stereocenters. The number of amides is 1. The van der Waals surface area contributed by atoms with E-state index in [0.29, 0.717) is 23.8 Å². The molecule has 6 nitrogen and oxygen atoms in total. The largest absolute Gasteiger partial charge is 0.497 e. The van der Waals surface area contributed by atoms with Crippen LogP contribution < -0.4 is 8.92 Å². The van der Waals surface area contributed by atoms with E-state index in [-0.39, 0.29) is 24.2 Å². The molecule has 0 heterocycles. The maximum atomic E-state index is 13.2. The van der Waals surface area contributed by atoms with Gasteiger partial charge >= 0.3 is 16.3 Å². The van der Waals surface area contributed by atoms with Crippen molar-refractivity contribution in [3.05, 3.63) is 89.5 Å². The molecule has 3 aromatic rings. The van der Waals surface area contributed by atoms with E-state index in [9.17, 15) is 26.4 Å². The average Bonchev–Trinajstić information content (AvgIpc) is 2.86. The molecule has 192 valence electrons. The molecule has 0 N–H and O–H groups in total. The molecule has 0 saturated heterocycles. The monoisotopic (exact) mass is 521 g/mol. The molecular formula is C26H26F3NO5S. The van der Waals surface area contributed by atoms with Crippen LogP contribution in [0.3, 0.4) is 0 Å². The van der Waals surface area contributed by atoms with Gasteiger partial charge in [-0.15, -0.1) is 0 Å². The summed E-state index contributed by atoms with van der Waals surface area (Å²) in [5, 5.41) is 0. The summed E-state index contributed by atoms with van der Waals surface area (Å²) < 4.78 is 74.1. The Hall–Kier alpha value is -3.53. The van der Waals surface area contributed by atoms with Crippen molar-refractivity contribution in [2.45, 2.75) is 43.9 Å². The summed E-state index contributed by atoms with van der Waals surface area (Å²) in [6.45, 7) is 4.15. The van der Waals surface area contributed by atoms with Crippen LogP contribution in [0.4, 0.5) is 13.2 Å². The Morgan fingerprint density at radius 1 is 0.972 bits per heavy atom. The highest BCUT2D eigenvalue weighted by Crippen LogP contribution is 2.31. The lowest BCUT2D eigenvalue weighted by Gasteiger charge is -2.29. The van der Waals surface area contributed by atoms with Gasteiger partial charge < -0.3 is 13.8 Å². The van der Waals surface area contributed by atoms with Crippen molar-refractivity contribution in [2.24, 2.45) is 0 Å². The summed E-state index contributed by atoms with van der Waals surface area (Å²) in [6.07, 6.45) is -3.97. The Bertz CT molecular complexity index is 1310. The molecule has 0 aliphatic rings. The van der Waals surface area contributed by atoms with Gasteiger partial charge in [0.25, 0.3) is 5.91 Å². The van der Waals surface area contributed by atoms with E-state index in [1.165, 1.54) is 19.2 Å². The molecule has 0 radical (unpaired) electrons. The number of nitrogens with zero attached hydrogens (tertiary/aromatic N) is 1. The van der Waals surface area contributed by atoms with E-state index in [2.05, 4.69) is 0 Å². The van der Waals surface area contributed by atoms with Crippen molar-refractivity contribution in [3.63, 3.8) is 0 Å². The number of methoxy groups -OCH3 is 1. The molecule has 3 aromatic carbocycles. The lowest BCUT2D eigenvalue weighted by atomic mass is 10.1. The maximum Gasteiger partial charge on any atom is 0.416 e. The van der Waals surface area contributed by atoms with Crippen LogP contribution in [0.2, 0.25) is 0 Å². The summed E-state index contributed by atoms with van der Waals surface area (Å²) in [4.78, 5) is 14.3. The molecule has 3 rings (SSSR count). The second kappa shape index (κ2) is 11.0. The first-order chi connectivity index (χ1) is 16.9. The van der Waals surface area contributed by atoms with Gasteiger partial charge in [-0.25, -0.2) is 0 Å². The molecule has 36 heavy (non-hydrogen) atoms. The molecule has 0 aromatic heterocycles. The van der Waals surface area contributed by atoms with Crippen molar-refractivity contribution < 1.29 is 35.3 Å². The first kappa shape index (κ1) is 27.1. The van der Waals surface area contributed by atoms with Crippen LogP contribution in [0.15, 0.2) is 77.7 Å². The molecule has 0 saturated carbocycles. The van der Waals surface area contributed by atoms with E-state index in [0.717, 1.165) is 23.8 Å². The third kappa shape index (κ3) is 6.57. The first-order valence-electron chi connectivity index (χ1n) is 11.1. The van der Waals surface area contributed by atoms with Crippen LogP contribution in [-0.2, 0) is 22.8 Å². The molecule has 0 bridgehead atoms. The highest BCUT2D eigenvalue weighted by atomic mass is 32.2. The van der Waals surface area contributed by atoms with Gasteiger partial charge in [-0.1, -0.05) is 31.2 Å². The van der Waals surface area contributed by atoms with Crippen LogP contribution in [0.25, 0.3) is 0 Å². The number of benzene rings is 3. The summed E-state index contributed by atoms with van der Waals surface area (Å²) in [6, 6.07) is 16.1. The molecule has 0 aliphatic heterocycles. The van der Waals surface area contributed by atoms with Crippen molar-refractivity contribution in [1.29, 1.82) is 0 Å². The number of carbonyl (C=O) groups excluding carboxylic acids is 1. The molecule has 0 fully saturated rings. The zero-order valence-corrected chi connectivity index (χ0v) is 20.8. The fourth-order valence-electron chi connectivity index (χ4n) is 3.42. The number of rotatable bonds is 9. The summed E-state index contributed by atoms with van der Waals surface area (Å²) >= 11 is 0. The number of hydrogen-bond donors (Lipinski definition) is 0.